The maximum atomic E-state index is 5.45. The molecule has 0 aliphatic carbocycles. The van der Waals surface area contributed by atoms with E-state index in [1.165, 1.54) is 0 Å². The zero-order chi connectivity index (χ0) is 12.7. The van der Waals surface area contributed by atoms with Gasteiger partial charge in [-0.05, 0) is 28.9 Å². The smallest absolute Gasteiger partial charge is 0.240 e. The monoisotopic (exact) mass is 311 g/mol. The van der Waals surface area contributed by atoms with E-state index >= 15 is 0 Å². The van der Waals surface area contributed by atoms with E-state index in [1.807, 2.05) is 13.0 Å². The summed E-state index contributed by atoms with van der Waals surface area (Å²) >= 11 is 3.44. The first-order valence-corrected chi connectivity index (χ1v) is 6.11. The number of nitrogens with zero attached hydrogens (tertiary/aromatic N) is 2. The van der Waals surface area contributed by atoms with Crippen molar-refractivity contribution < 1.29 is 14.0 Å². The molecule has 2 N–H and O–H groups in total. The number of ether oxygens (including phenoxy) is 2. The van der Waals surface area contributed by atoms with Gasteiger partial charge in [0.25, 0.3) is 0 Å². The lowest BCUT2D eigenvalue weighted by Gasteiger charge is -2.07. The fourth-order valence-corrected chi connectivity index (χ4v) is 2.36. The molecule has 1 aliphatic rings. The van der Waals surface area contributed by atoms with E-state index in [-0.39, 0.29) is 13.3 Å². The average molecular weight is 312 g/mol. The molecule has 1 aromatic carbocycles. The van der Waals surface area contributed by atoms with Gasteiger partial charge in [-0.2, -0.15) is 4.98 Å². The van der Waals surface area contributed by atoms with Crippen LogP contribution in [0.2, 0.25) is 0 Å². The third-order valence-corrected chi connectivity index (χ3v) is 3.32. The van der Waals surface area contributed by atoms with E-state index < -0.39 is 0 Å². The minimum atomic E-state index is 0.220. The number of aromatic nitrogens is 2. The molecule has 2 heterocycles. The van der Waals surface area contributed by atoms with Gasteiger partial charge in [0.2, 0.25) is 18.5 Å². The molecule has 1 aromatic heterocycles. The highest BCUT2D eigenvalue weighted by Crippen LogP contribution is 2.45. The number of halogens is 1. The van der Waals surface area contributed by atoms with Crippen LogP contribution in [0.5, 0.6) is 11.5 Å². The average Bonchev–Trinajstić information content (AvgIpc) is 3.01. The molecule has 2 aromatic rings. The maximum Gasteiger partial charge on any atom is 0.240 e. The third-order valence-electron chi connectivity index (χ3n) is 2.73. The molecule has 0 amide bonds. The van der Waals surface area contributed by atoms with Gasteiger partial charge in [-0.25, -0.2) is 0 Å². The SMILES string of the molecule is Cc1c(-c2noc(CN)n2)cc(Br)c2c1OCO2. The van der Waals surface area contributed by atoms with Gasteiger partial charge in [0.05, 0.1) is 11.0 Å². The highest BCUT2D eigenvalue weighted by Gasteiger charge is 2.24. The van der Waals surface area contributed by atoms with Crippen molar-refractivity contribution in [3.05, 3.63) is 22.0 Å². The van der Waals surface area contributed by atoms with Crippen molar-refractivity contribution in [1.82, 2.24) is 10.1 Å². The van der Waals surface area contributed by atoms with Crippen LogP contribution in [0.15, 0.2) is 15.1 Å². The molecular formula is C11H10BrN3O3. The lowest BCUT2D eigenvalue weighted by molar-refractivity contribution is 0.173. The van der Waals surface area contributed by atoms with Crippen LogP contribution < -0.4 is 15.2 Å². The number of nitrogens with two attached hydrogens (primary N) is 1. The first-order valence-electron chi connectivity index (χ1n) is 5.32. The normalized spacial score (nSPS) is 13.1. The second-order valence-electron chi connectivity index (χ2n) is 3.81. The van der Waals surface area contributed by atoms with Crippen LogP contribution in [-0.4, -0.2) is 16.9 Å². The zero-order valence-electron chi connectivity index (χ0n) is 9.57. The topological polar surface area (TPSA) is 83.4 Å². The molecule has 0 saturated heterocycles. The summed E-state index contributed by atoms with van der Waals surface area (Å²) in [5.41, 5.74) is 7.19. The molecule has 0 saturated carbocycles. The van der Waals surface area contributed by atoms with Crippen molar-refractivity contribution >= 4 is 15.9 Å². The van der Waals surface area contributed by atoms with Crippen molar-refractivity contribution in [2.75, 3.05) is 6.79 Å². The van der Waals surface area contributed by atoms with Crippen molar-refractivity contribution in [3.63, 3.8) is 0 Å². The Balaban J connectivity index is 2.15. The van der Waals surface area contributed by atoms with E-state index in [9.17, 15) is 0 Å². The number of hydrogen-bond donors (Lipinski definition) is 1. The molecule has 7 heteroatoms. The van der Waals surface area contributed by atoms with Gasteiger partial charge in [-0.3, -0.25) is 0 Å². The summed E-state index contributed by atoms with van der Waals surface area (Å²) in [6, 6.07) is 1.88. The predicted molar refractivity (Wildman–Crippen MR) is 66.2 cm³/mol. The van der Waals surface area contributed by atoms with Crippen LogP contribution in [0.1, 0.15) is 11.5 Å². The van der Waals surface area contributed by atoms with Gasteiger partial charge >= 0.3 is 0 Å². The fraction of sp³-hybridized carbons (Fsp3) is 0.273. The quantitative estimate of drug-likeness (QED) is 0.913. The van der Waals surface area contributed by atoms with E-state index in [0.717, 1.165) is 15.6 Å². The summed E-state index contributed by atoms with van der Waals surface area (Å²) in [5.74, 6) is 2.31. The molecule has 94 valence electrons. The Kier molecular flexibility index (Phi) is 2.71. The molecule has 0 radical (unpaired) electrons. The molecule has 0 unspecified atom stereocenters. The van der Waals surface area contributed by atoms with Crippen LogP contribution >= 0.6 is 15.9 Å². The Morgan fingerprint density at radius 1 is 1.39 bits per heavy atom. The van der Waals surface area contributed by atoms with Crippen molar-refractivity contribution in [1.29, 1.82) is 0 Å². The summed E-state index contributed by atoms with van der Waals surface area (Å²) in [5, 5.41) is 3.90. The van der Waals surface area contributed by atoms with Crippen molar-refractivity contribution in [3.8, 4) is 22.9 Å². The highest BCUT2D eigenvalue weighted by molar-refractivity contribution is 9.10. The number of rotatable bonds is 2. The summed E-state index contributed by atoms with van der Waals surface area (Å²) in [4.78, 5) is 4.21. The summed E-state index contributed by atoms with van der Waals surface area (Å²) < 4.78 is 16.6. The van der Waals surface area contributed by atoms with E-state index in [0.29, 0.717) is 23.2 Å². The van der Waals surface area contributed by atoms with Crippen LogP contribution in [0.3, 0.4) is 0 Å². The Labute approximate surface area is 111 Å². The molecule has 1 aliphatic heterocycles. The first kappa shape index (κ1) is 11.5. The van der Waals surface area contributed by atoms with E-state index in [4.69, 9.17) is 19.7 Å². The molecular weight excluding hydrogens is 302 g/mol. The second-order valence-corrected chi connectivity index (χ2v) is 4.67. The van der Waals surface area contributed by atoms with Crippen LogP contribution in [0.25, 0.3) is 11.4 Å². The van der Waals surface area contributed by atoms with Crippen LogP contribution in [0.4, 0.5) is 0 Å². The number of benzene rings is 1. The molecule has 0 spiro atoms. The fourth-order valence-electron chi connectivity index (χ4n) is 1.84. The Bertz CT molecular complexity index is 612. The molecule has 3 rings (SSSR count). The number of fused-ring (bicyclic) bond motifs is 1. The van der Waals surface area contributed by atoms with E-state index in [2.05, 4.69) is 26.1 Å². The minimum Gasteiger partial charge on any atom is -0.453 e. The highest BCUT2D eigenvalue weighted by atomic mass is 79.9. The summed E-state index contributed by atoms with van der Waals surface area (Å²) in [7, 11) is 0. The third kappa shape index (κ3) is 1.67. The Hall–Kier alpha value is -1.60. The van der Waals surface area contributed by atoms with Gasteiger partial charge < -0.3 is 19.7 Å². The minimum absolute atomic E-state index is 0.220. The van der Waals surface area contributed by atoms with Gasteiger partial charge in [-0.15, -0.1) is 0 Å². The van der Waals surface area contributed by atoms with Gasteiger partial charge in [0.15, 0.2) is 11.5 Å². The van der Waals surface area contributed by atoms with E-state index in [1.54, 1.807) is 0 Å². The van der Waals surface area contributed by atoms with Crippen molar-refractivity contribution in [2.45, 2.75) is 13.5 Å². The number of hydrogen-bond acceptors (Lipinski definition) is 6. The standard InChI is InChI=1S/C11H10BrN3O3/c1-5-6(11-14-8(3-13)18-15-11)2-7(12)10-9(5)16-4-17-10/h2H,3-4,13H2,1H3. The maximum absolute atomic E-state index is 5.45. The molecule has 0 fully saturated rings. The van der Waals surface area contributed by atoms with Gasteiger partial charge in [-0.1, -0.05) is 5.16 Å². The Morgan fingerprint density at radius 2 is 2.17 bits per heavy atom. The van der Waals surface area contributed by atoms with Gasteiger partial charge in [0.1, 0.15) is 0 Å². The molecule has 6 nitrogen and oxygen atoms in total. The van der Waals surface area contributed by atoms with Crippen LogP contribution in [0, 0.1) is 6.92 Å². The lowest BCUT2D eigenvalue weighted by atomic mass is 10.1. The lowest BCUT2D eigenvalue weighted by Crippen LogP contribution is -1.96. The van der Waals surface area contributed by atoms with Crippen LogP contribution in [-0.2, 0) is 6.54 Å². The second kappa shape index (κ2) is 4.25. The zero-order valence-corrected chi connectivity index (χ0v) is 11.2. The first-order chi connectivity index (χ1) is 8.70. The largest absolute Gasteiger partial charge is 0.453 e. The summed E-state index contributed by atoms with van der Waals surface area (Å²) in [6.07, 6.45) is 0. The molecule has 18 heavy (non-hydrogen) atoms. The summed E-state index contributed by atoms with van der Waals surface area (Å²) in [6.45, 7) is 2.37. The van der Waals surface area contributed by atoms with Gasteiger partial charge in [0, 0.05) is 11.1 Å². The molecule has 0 bridgehead atoms. The Morgan fingerprint density at radius 3 is 2.89 bits per heavy atom. The van der Waals surface area contributed by atoms with Crippen molar-refractivity contribution in [2.24, 2.45) is 5.73 Å². The predicted octanol–water partition coefficient (Wildman–Crippen LogP) is 1.99. The molecule has 0 atom stereocenters.